The Morgan fingerprint density at radius 3 is 2.68 bits per heavy atom. The van der Waals surface area contributed by atoms with E-state index in [2.05, 4.69) is 18.6 Å². The molecule has 0 aliphatic heterocycles. The second kappa shape index (κ2) is 7.13. The largest absolute Gasteiger partial charge is 0.465 e. The van der Waals surface area contributed by atoms with Crippen LogP contribution in [0.1, 0.15) is 30.6 Å². The van der Waals surface area contributed by atoms with Crippen molar-refractivity contribution in [1.29, 1.82) is 0 Å². The van der Waals surface area contributed by atoms with Gasteiger partial charge in [0.05, 0.1) is 22.5 Å². The molecule has 0 atom stereocenters. The van der Waals surface area contributed by atoms with E-state index in [0.717, 1.165) is 12.2 Å². The lowest BCUT2D eigenvalue weighted by Crippen LogP contribution is -2.02. The highest BCUT2D eigenvalue weighted by Crippen LogP contribution is 2.31. The molecule has 19 heavy (non-hydrogen) atoms. The van der Waals surface area contributed by atoms with E-state index < -0.39 is 10.9 Å². The summed E-state index contributed by atoms with van der Waals surface area (Å²) in [6.45, 7) is 4.19. The van der Waals surface area contributed by atoms with Gasteiger partial charge in [0, 0.05) is 6.07 Å². The first-order valence-corrected chi connectivity index (χ1v) is 6.93. The number of nitro groups is 1. The maximum Gasteiger partial charge on any atom is 0.337 e. The van der Waals surface area contributed by atoms with Gasteiger partial charge in [-0.25, -0.2) is 4.79 Å². The molecule has 0 unspecified atom stereocenters. The van der Waals surface area contributed by atoms with Crippen LogP contribution in [0, 0.1) is 16.0 Å². The van der Waals surface area contributed by atoms with Crippen molar-refractivity contribution < 1.29 is 14.5 Å². The molecule has 0 fully saturated rings. The highest BCUT2D eigenvalue weighted by molar-refractivity contribution is 7.99. The van der Waals surface area contributed by atoms with Crippen molar-refractivity contribution >= 4 is 23.4 Å². The number of carbonyl (C=O) groups excluding carboxylic acids is 1. The maximum absolute atomic E-state index is 11.4. The average molecular weight is 283 g/mol. The number of carbonyl (C=O) groups is 1. The molecule has 0 N–H and O–H groups in total. The Bertz CT molecular complexity index is 474. The lowest BCUT2D eigenvalue weighted by atomic mass is 10.2. The summed E-state index contributed by atoms with van der Waals surface area (Å²) in [6, 6.07) is 4.29. The molecule has 0 radical (unpaired) electrons. The molecular formula is C13H17NO4S. The zero-order valence-corrected chi connectivity index (χ0v) is 12.0. The Morgan fingerprint density at radius 1 is 1.47 bits per heavy atom. The van der Waals surface area contributed by atoms with E-state index in [9.17, 15) is 14.9 Å². The zero-order valence-electron chi connectivity index (χ0n) is 11.2. The Kier molecular flexibility index (Phi) is 5.82. The smallest absolute Gasteiger partial charge is 0.337 e. The van der Waals surface area contributed by atoms with Gasteiger partial charge < -0.3 is 4.74 Å². The van der Waals surface area contributed by atoms with Gasteiger partial charge in [0.25, 0.3) is 5.69 Å². The summed E-state index contributed by atoms with van der Waals surface area (Å²) in [6.07, 6.45) is 0.963. The van der Waals surface area contributed by atoms with Gasteiger partial charge in [-0.3, -0.25) is 10.1 Å². The van der Waals surface area contributed by atoms with Crippen molar-refractivity contribution in [2.45, 2.75) is 25.2 Å². The molecule has 0 bridgehead atoms. The van der Waals surface area contributed by atoms with Gasteiger partial charge in [0.2, 0.25) is 0 Å². The van der Waals surface area contributed by atoms with Crippen LogP contribution in [-0.4, -0.2) is 23.8 Å². The molecule has 0 aliphatic rings. The number of nitro benzene ring substituents is 1. The Morgan fingerprint density at radius 2 is 2.16 bits per heavy atom. The Labute approximate surface area is 116 Å². The summed E-state index contributed by atoms with van der Waals surface area (Å²) >= 11 is 1.40. The monoisotopic (exact) mass is 283 g/mol. The SMILES string of the molecule is COC(=O)c1ccc([N+](=O)[O-])c(SCCC(C)C)c1. The van der Waals surface area contributed by atoms with Crippen LogP contribution in [0.25, 0.3) is 0 Å². The third-order valence-corrected chi connectivity index (χ3v) is 3.61. The second-order valence-electron chi connectivity index (χ2n) is 4.46. The molecule has 1 rings (SSSR count). The first-order valence-electron chi connectivity index (χ1n) is 5.95. The van der Waals surface area contributed by atoms with Crippen LogP contribution in [0.2, 0.25) is 0 Å². The topological polar surface area (TPSA) is 69.4 Å². The van der Waals surface area contributed by atoms with Crippen LogP contribution in [0.15, 0.2) is 23.1 Å². The number of hydrogen-bond acceptors (Lipinski definition) is 5. The number of rotatable bonds is 6. The van der Waals surface area contributed by atoms with E-state index >= 15 is 0 Å². The molecule has 0 saturated carbocycles. The van der Waals surface area contributed by atoms with Crippen LogP contribution >= 0.6 is 11.8 Å². The van der Waals surface area contributed by atoms with Gasteiger partial charge in [-0.15, -0.1) is 11.8 Å². The van der Waals surface area contributed by atoms with Gasteiger partial charge in [-0.2, -0.15) is 0 Å². The van der Waals surface area contributed by atoms with Crippen molar-refractivity contribution in [1.82, 2.24) is 0 Å². The van der Waals surface area contributed by atoms with Gasteiger partial charge in [0.15, 0.2) is 0 Å². The lowest BCUT2D eigenvalue weighted by Gasteiger charge is -2.07. The fraction of sp³-hybridized carbons (Fsp3) is 0.462. The molecule has 1 aromatic rings. The fourth-order valence-electron chi connectivity index (χ4n) is 1.43. The van der Waals surface area contributed by atoms with Crippen LogP contribution in [0.5, 0.6) is 0 Å². The van der Waals surface area contributed by atoms with Gasteiger partial charge >= 0.3 is 5.97 Å². The van der Waals surface area contributed by atoms with E-state index in [4.69, 9.17) is 0 Å². The molecule has 0 amide bonds. The molecule has 0 heterocycles. The van der Waals surface area contributed by atoms with Crippen molar-refractivity contribution in [3.8, 4) is 0 Å². The molecule has 0 spiro atoms. The maximum atomic E-state index is 11.4. The number of hydrogen-bond donors (Lipinski definition) is 0. The van der Waals surface area contributed by atoms with Crippen LogP contribution in [0.4, 0.5) is 5.69 Å². The van der Waals surface area contributed by atoms with Crippen molar-refractivity contribution in [3.05, 3.63) is 33.9 Å². The summed E-state index contributed by atoms with van der Waals surface area (Å²) in [5, 5.41) is 10.9. The molecule has 0 saturated heterocycles. The minimum absolute atomic E-state index is 0.0291. The molecule has 104 valence electrons. The molecule has 6 heteroatoms. The molecule has 5 nitrogen and oxygen atoms in total. The predicted molar refractivity (Wildman–Crippen MR) is 74.6 cm³/mol. The normalized spacial score (nSPS) is 10.5. The van der Waals surface area contributed by atoms with Crippen LogP contribution in [0.3, 0.4) is 0 Å². The van der Waals surface area contributed by atoms with E-state index in [1.807, 2.05) is 0 Å². The first kappa shape index (κ1) is 15.5. The minimum Gasteiger partial charge on any atom is -0.465 e. The average Bonchev–Trinajstić information content (AvgIpc) is 2.37. The van der Waals surface area contributed by atoms with Crippen molar-refractivity contribution in [3.63, 3.8) is 0 Å². The highest BCUT2D eigenvalue weighted by Gasteiger charge is 2.17. The number of ether oxygens (including phenoxy) is 1. The van der Waals surface area contributed by atoms with Crippen LogP contribution in [-0.2, 0) is 4.74 Å². The molecule has 0 aromatic heterocycles. The van der Waals surface area contributed by atoms with E-state index in [1.54, 1.807) is 0 Å². The number of benzene rings is 1. The van der Waals surface area contributed by atoms with Crippen molar-refractivity contribution in [2.24, 2.45) is 5.92 Å². The highest BCUT2D eigenvalue weighted by atomic mass is 32.2. The fourth-order valence-corrected chi connectivity index (χ4v) is 2.74. The van der Waals surface area contributed by atoms with E-state index in [1.165, 1.54) is 37.1 Å². The quantitative estimate of drug-likeness (QED) is 0.346. The third kappa shape index (κ3) is 4.55. The summed E-state index contributed by atoms with van der Waals surface area (Å²) in [5.74, 6) is 0.833. The van der Waals surface area contributed by atoms with E-state index in [-0.39, 0.29) is 5.69 Å². The van der Waals surface area contributed by atoms with Crippen LogP contribution < -0.4 is 0 Å². The first-order chi connectivity index (χ1) is 8.95. The second-order valence-corrected chi connectivity index (χ2v) is 5.60. The van der Waals surface area contributed by atoms with Gasteiger partial charge in [-0.05, 0) is 30.2 Å². The molecule has 0 aliphatic carbocycles. The number of nitrogens with zero attached hydrogens (tertiary/aromatic N) is 1. The molecule has 1 aromatic carbocycles. The standard InChI is InChI=1S/C13H17NO4S/c1-9(2)6-7-19-12-8-10(13(15)18-3)4-5-11(12)14(16)17/h4-5,8-9H,6-7H2,1-3H3. The Hall–Kier alpha value is -1.56. The summed E-state index contributed by atoms with van der Waals surface area (Å²) in [4.78, 5) is 22.4. The zero-order chi connectivity index (χ0) is 14.4. The Balaban J connectivity index is 2.95. The summed E-state index contributed by atoms with van der Waals surface area (Å²) in [5.41, 5.74) is 0.363. The lowest BCUT2D eigenvalue weighted by molar-refractivity contribution is -0.387. The third-order valence-electron chi connectivity index (χ3n) is 2.53. The minimum atomic E-state index is -0.486. The number of esters is 1. The molecular weight excluding hydrogens is 266 g/mol. The van der Waals surface area contributed by atoms with Gasteiger partial charge in [0.1, 0.15) is 0 Å². The number of thioether (sulfide) groups is 1. The van der Waals surface area contributed by atoms with Gasteiger partial charge in [-0.1, -0.05) is 13.8 Å². The number of methoxy groups -OCH3 is 1. The van der Waals surface area contributed by atoms with Crippen molar-refractivity contribution in [2.75, 3.05) is 12.9 Å². The summed E-state index contributed by atoms with van der Waals surface area (Å²) < 4.78 is 4.62. The summed E-state index contributed by atoms with van der Waals surface area (Å²) in [7, 11) is 1.29. The van der Waals surface area contributed by atoms with E-state index in [0.29, 0.717) is 16.4 Å². The predicted octanol–water partition coefficient (Wildman–Crippen LogP) is 3.52.